The summed E-state index contributed by atoms with van der Waals surface area (Å²) in [4.78, 5) is 0. The van der Waals surface area contributed by atoms with Crippen molar-refractivity contribution in [1.82, 2.24) is 0 Å². The Balaban J connectivity index is 1.95. The third kappa shape index (κ3) is 2.76. The summed E-state index contributed by atoms with van der Waals surface area (Å²) in [5.41, 5.74) is 0.987. The van der Waals surface area contributed by atoms with Crippen LogP contribution in [0, 0.1) is 0 Å². The Bertz CT molecular complexity index is 737. The molecule has 0 amide bonds. The first kappa shape index (κ1) is 13.7. The zero-order chi connectivity index (χ0) is 14.7. The van der Waals surface area contributed by atoms with Gasteiger partial charge in [0.15, 0.2) is 0 Å². The Hall–Kier alpha value is -2.32. The van der Waals surface area contributed by atoms with Gasteiger partial charge in [-0.05, 0) is 22.9 Å². The van der Waals surface area contributed by atoms with Gasteiger partial charge in [-0.3, -0.25) is 0 Å². The first-order chi connectivity index (χ1) is 10.2. The van der Waals surface area contributed by atoms with Crippen LogP contribution in [0.5, 0.6) is 5.75 Å². The van der Waals surface area contributed by atoms with E-state index in [-0.39, 0.29) is 0 Å². The molecule has 0 saturated heterocycles. The van der Waals surface area contributed by atoms with Crippen molar-refractivity contribution in [3.8, 4) is 5.75 Å². The monoisotopic (exact) mass is 278 g/mol. The molecule has 0 aromatic heterocycles. The van der Waals surface area contributed by atoms with Crippen LogP contribution in [-0.2, 0) is 10.5 Å². The molecule has 0 aliphatic carbocycles. The number of benzene rings is 3. The number of rotatable bonds is 4. The molecule has 0 fully saturated rings. The number of fused-ring (bicyclic) bond motifs is 1. The summed E-state index contributed by atoms with van der Waals surface area (Å²) in [5.74, 6) is -0.00844. The molecular formula is C19H18O2. The highest BCUT2D eigenvalue weighted by atomic mass is 16.7. The van der Waals surface area contributed by atoms with Gasteiger partial charge in [0.1, 0.15) is 5.75 Å². The Morgan fingerprint density at radius 1 is 0.762 bits per heavy atom. The molecule has 1 atom stereocenters. The maximum Gasteiger partial charge on any atom is 0.234 e. The van der Waals surface area contributed by atoms with Gasteiger partial charge >= 0.3 is 0 Å². The predicted molar refractivity (Wildman–Crippen MR) is 85.4 cm³/mol. The number of hydrogen-bond acceptors (Lipinski definition) is 2. The van der Waals surface area contributed by atoms with Gasteiger partial charge in [-0.25, -0.2) is 0 Å². The molecule has 1 unspecified atom stereocenters. The second-order valence-corrected chi connectivity index (χ2v) is 5.13. The fourth-order valence-corrected chi connectivity index (χ4v) is 2.42. The van der Waals surface area contributed by atoms with E-state index < -0.39 is 5.79 Å². The van der Waals surface area contributed by atoms with Gasteiger partial charge in [0.25, 0.3) is 0 Å². The number of ether oxygens (including phenoxy) is 2. The van der Waals surface area contributed by atoms with Crippen LogP contribution < -0.4 is 4.74 Å². The van der Waals surface area contributed by atoms with Crippen molar-refractivity contribution in [2.45, 2.75) is 12.7 Å². The van der Waals surface area contributed by atoms with Gasteiger partial charge in [-0.2, -0.15) is 0 Å². The van der Waals surface area contributed by atoms with E-state index in [1.54, 1.807) is 7.11 Å². The molecule has 3 rings (SSSR count). The zero-order valence-electron chi connectivity index (χ0n) is 12.2. The zero-order valence-corrected chi connectivity index (χ0v) is 12.2. The van der Waals surface area contributed by atoms with Crippen LogP contribution in [0.25, 0.3) is 10.8 Å². The molecule has 0 radical (unpaired) electrons. The average Bonchev–Trinajstić information content (AvgIpc) is 2.55. The third-order valence-corrected chi connectivity index (χ3v) is 3.72. The lowest BCUT2D eigenvalue weighted by molar-refractivity contribution is -0.157. The topological polar surface area (TPSA) is 18.5 Å². The quantitative estimate of drug-likeness (QED) is 0.642. The van der Waals surface area contributed by atoms with Crippen LogP contribution in [0.3, 0.4) is 0 Å². The SMILES string of the molecule is COC(C)(Oc1ccc2ccccc2c1)c1ccccc1. The van der Waals surface area contributed by atoms with Crippen molar-refractivity contribution in [2.24, 2.45) is 0 Å². The maximum atomic E-state index is 6.12. The van der Waals surface area contributed by atoms with Crippen LogP contribution in [-0.4, -0.2) is 7.11 Å². The first-order valence-electron chi connectivity index (χ1n) is 7.00. The largest absolute Gasteiger partial charge is 0.458 e. The average molecular weight is 278 g/mol. The van der Waals surface area contributed by atoms with Gasteiger partial charge in [-0.15, -0.1) is 0 Å². The molecular weight excluding hydrogens is 260 g/mol. The fourth-order valence-electron chi connectivity index (χ4n) is 2.42. The highest BCUT2D eigenvalue weighted by Gasteiger charge is 2.28. The second kappa shape index (κ2) is 5.58. The Morgan fingerprint density at radius 2 is 1.43 bits per heavy atom. The van der Waals surface area contributed by atoms with Crippen molar-refractivity contribution in [2.75, 3.05) is 7.11 Å². The van der Waals surface area contributed by atoms with E-state index in [0.717, 1.165) is 16.7 Å². The number of hydrogen-bond donors (Lipinski definition) is 0. The van der Waals surface area contributed by atoms with Crippen LogP contribution in [0.2, 0.25) is 0 Å². The minimum atomic E-state index is -0.802. The normalized spacial score (nSPS) is 13.8. The lowest BCUT2D eigenvalue weighted by Crippen LogP contribution is -2.31. The summed E-state index contributed by atoms with van der Waals surface area (Å²) in [6.45, 7) is 1.93. The van der Waals surface area contributed by atoms with Gasteiger partial charge in [-0.1, -0.05) is 60.7 Å². The summed E-state index contributed by atoms with van der Waals surface area (Å²) >= 11 is 0. The van der Waals surface area contributed by atoms with Crippen LogP contribution in [0.1, 0.15) is 12.5 Å². The lowest BCUT2D eigenvalue weighted by Gasteiger charge is -2.29. The van der Waals surface area contributed by atoms with Crippen molar-refractivity contribution in [1.29, 1.82) is 0 Å². The molecule has 106 valence electrons. The smallest absolute Gasteiger partial charge is 0.234 e. The minimum Gasteiger partial charge on any atom is -0.458 e. The van der Waals surface area contributed by atoms with E-state index in [0.29, 0.717) is 0 Å². The summed E-state index contributed by atoms with van der Waals surface area (Å²) in [7, 11) is 1.66. The molecule has 0 heterocycles. The van der Waals surface area contributed by atoms with Gasteiger partial charge < -0.3 is 9.47 Å². The van der Waals surface area contributed by atoms with Crippen molar-refractivity contribution < 1.29 is 9.47 Å². The molecule has 0 aliphatic rings. The van der Waals surface area contributed by atoms with Crippen LogP contribution in [0.15, 0.2) is 72.8 Å². The molecule has 3 aromatic carbocycles. The van der Waals surface area contributed by atoms with E-state index in [1.165, 1.54) is 5.39 Å². The Kier molecular flexibility index (Phi) is 3.63. The Morgan fingerprint density at radius 3 is 2.14 bits per heavy atom. The molecule has 2 nitrogen and oxygen atoms in total. The molecule has 3 aromatic rings. The molecule has 0 spiro atoms. The molecule has 0 aliphatic heterocycles. The van der Waals surface area contributed by atoms with E-state index >= 15 is 0 Å². The van der Waals surface area contributed by atoms with Crippen LogP contribution >= 0.6 is 0 Å². The third-order valence-electron chi connectivity index (χ3n) is 3.72. The van der Waals surface area contributed by atoms with Crippen molar-refractivity contribution in [3.05, 3.63) is 78.4 Å². The van der Waals surface area contributed by atoms with Gasteiger partial charge in [0.05, 0.1) is 0 Å². The fraction of sp³-hybridized carbons (Fsp3) is 0.158. The Labute approximate surface area is 124 Å². The first-order valence-corrected chi connectivity index (χ1v) is 7.00. The minimum absolute atomic E-state index is 0.793. The standard InChI is InChI=1S/C19H18O2/c1-19(20-2,17-10-4-3-5-11-17)21-18-13-12-15-8-6-7-9-16(15)14-18/h3-14H,1-2H3. The predicted octanol–water partition coefficient (Wildman–Crippen LogP) is 4.74. The highest BCUT2D eigenvalue weighted by Crippen LogP contribution is 2.30. The maximum absolute atomic E-state index is 6.12. The summed E-state index contributed by atoms with van der Waals surface area (Å²) in [6.07, 6.45) is 0. The van der Waals surface area contributed by atoms with Crippen LogP contribution in [0.4, 0.5) is 0 Å². The lowest BCUT2D eigenvalue weighted by atomic mass is 10.1. The van der Waals surface area contributed by atoms with Gasteiger partial charge in [0, 0.05) is 19.6 Å². The van der Waals surface area contributed by atoms with E-state index in [4.69, 9.17) is 9.47 Å². The highest BCUT2D eigenvalue weighted by molar-refractivity contribution is 5.83. The van der Waals surface area contributed by atoms with Crippen molar-refractivity contribution >= 4 is 10.8 Å². The molecule has 0 saturated carbocycles. The van der Waals surface area contributed by atoms with E-state index in [2.05, 4.69) is 18.2 Å². The molecule has 0 bridgehead atoms. The van der Waals surface area contributed by atoms with E-state index in [1.807, 2.05) is 61.5 Å². The summed E-state index contributed by atoms with van der Waals surface area (Å²) < 4.78 is 11.7. The van der Waals surface area contributed by atoms with Crippen molar-refractivity contribution in [3.63, 3.8) is 0 Å². The summed E-state index contributed by atoms with van der Waals surface area (Å²) in [5, 5.41) is 2.35. The molecule has 0 N–H and O–H groups in total. The molecule has 2 heteroatoms. The summed E-state index contributed by atoms with van der Waals surface area (Å²) in [6, 6.07) is 24.3. The van der Waals surface area contributed by atoms with Gasteiger partial charge in [0.2, 0.25) is 5.79 Å². The molecule has 21 heavy (non-hydrogen) atoms. The second-order valence-electron chi connectivity index (χ2n) is 5.13. The van der Waals surface area contributed by atoms with E-state index in [9.17, 15) is 0 Å². The number of methoxy groups -OCH3 is 1.